The fourth-order valence-electron chi connectivity index (χ4n) is 3.47. The Labute approximate surface area is 140 Å². The molecule has 1 heterocycles. The predicted octanol–water partition coefficient (Wildman–Crippen LogP) is 4.41. The Morgan fingerprint density at radius 3 is 2.25 bits per heavy atom. The lowest BCUT2D eigenvalue weighted by Gasteiger charge is -2.08. The third kappa shape index (κ3) is 2.33. The van der Waals surface area contributed by atoms with E-state index in [2.05, 4.69) is 43.3 Å². The highest BCUT2D eigenvalue weighted by molar-refractivity contribution is 5.86. The molecule has 3 aromatic carbocycles. The molecule has 3 heteroatoms. The maximum absolute atomic E-state index is 12.9. The van der Waals surface area contributed by atoms with E-state index >= 15 is 0 Å². The second kappa shape index (κ2) is 6.00. The van der Waals surface area contributed by atoms with Crippen LogP contribution in [0.3, 0.4) is 0 Å². The van der Waals surface area contributed by atoms with Crippen LogP contribution in [-0.2, 0) is 13.1 Å². The highest BCUT2D eigenvalue weighted by Crippen LogP contribution is 2.21. The van der Waals surface area contributed by atoms with Crippen molar-refractivity contribution < 1.29 is 0 Å². The molecule has 0 unspecified atom stereocenters. The highest BCUT2D eigenvalue weighted by atomic mass is 16.1. The summed E-state index contributed by atoms with van der Waals surface area (Å²) in [6.45, 7) is 3.45. The number of benzene rings is 3. The second-order valence-electron chi connectivity index (χ2n) is 6.15. The largest absolute Gasteiger partial charge is 0.329 e. The standard InChI is InChI=1S/C21H20N2O/c1-2-14-22-19-12-5-6-13-20(19)23(21(22)24)15-17-10-7-9-16-8-3-4-11-18(16)17/h3-13H,2,14-15H2,1H3. The number of fused-ring (bicyclic) bond motifs is 2. The minimum atomic E-state index is 0.0750. The Morgan fingerprint density at radius 2 is 1.46 bits per heavy atom. The zero-order valence-electron chi connectivity index (χ0n) is 13.8. The van der Waals surface area contributed by atoms with Gasteiger partial charge in [0.15, 0.2) is 0 Å². The Bertz CT molecular complexity index is 1070. The number of aromatic nitrogens is 2. The van der Waals surface area contributed by atoms with Crippen LogP contribution in [0, 0.1) is 0 Å². The molecule has 0 radical (unpaired) electrons. The van der Waals surface area contributed by atoms with Crippen LogP contribution in [0.1, 0.15) is 18.9 Å². The quantitative estimate of drug-likeness (QED) is 0.548. The summed E-state index contributed by atoms with van der Waals surface area (Å²) in [7, 11) is 0. The third-order valence-corrected chi connectivity index (χ3v) is 4.58. The number of aryl methyl sites for hydroxylation is 1. The van der Waals surface area contributed by atoms with Gasteiger partial charge in [0.05, 0.1) is 17.6 Å². The van der Waals surface area contributed by atoms with E-state index in [0.717, 1.165) is 24.0 Å². The van der Waals surface area contributed by atoms with Gasteiger partial charge < -0.3 is 0 Å². The predicted molar refractivity (Wildman–Crippen MR) is 99.5 cm³/mol. The van der Waals surface area contributed by atoms with Crippen LogP contribution >= 0.6 is 0 Å². The summed E-state index contributed by atoms with van der Waals surface area (Å²) in [5.74, 6) is 0. The van der Waals surface area contributed by atoms with E-state index in [-0.39, 0.29) is 5.69 Å². The lowest BCUT2D eigenvalue weighted by Crippen LogP contribution is -2.24. The first-order valence-corrected chi connectivity index (χ1v) is 8.44. The first kappa shape index (κ1) is 14.8. The minimum Gasteiger partial charge on any atom is -0.292 e. The summed E-state index contributed by atoms with van der Waals surface area (Å²) < 4.78 is 3.78. The molecule has 0 saturated carbocycles. The van der Waals surface area contributed by atoms with Crippen molar-refractivity contribution in [1.82, 2.24) is 9.13 Å². The molecule has 0 spiro atoms. The molecule has 0 aliphatic rings. The Balaban J connectivity index is 1.91. The zero-order chi connectivity index (χ0) is 16.5. The van der Waals surface area contributed by atoms with Crippen LogP contribution in [-0.4, -0.2) is 9.13 Å². The van der Waals surface area contributed by atoms with Gasteiger partial charge in [-0.15, -0.1) is 0 Å². The molecule has 0 aliphatic heterocycles. The number of para-hydroxylation sites is 2. The second-order valence-corrected chi connectivity index (χ2v) is 6.15. The van der Waals surface area contributed by atoms with Crippen molar-refractivity contribution in [2.45, 2.75) is 26.4 Å². The molecule has 120 valence electrons. The van der Waals surface area contributed by atoms with E-state index in [1.165, 1.54) is 16.3 Å². The van der Waals surface area contributed by atoms with E-state index in [1.807, 2.05) is 39.5 Å². The van der Waals surface area contributed by atoms with Crippen molar-refractivity contribution in [1.29, 1.82) is 0 Å². The fourth-order valence-corrected chi connectivity index (χ4v) is 3.47. The van der Waals surface area contributed by atoms with Gasteiger partial charge in [0, 0.05) is 6.54 Å². The van der Waals surface area contributed by atoms with Crippen LogP contribution in [0.2, 0.25) is 0 Å². The smallest absolute Gasteiger partial charge is 0.292 e. The van der Waals surface area contributed by atoms with E-state index in [0.29, 0.717) is 6.54 Å². The van der Waals surface area contributed by atoms with Gasteiger partial charge in [0.1, 0.15) is 0 Å². The molecule has 1 aromatic heterocycles. The first-order chi connectivity index (χ1) is 11.8. The summed E-state index contributed by atoms with van der Waals surface area (Å²) in [6, 6.07) is 22.7. The summed E-state index contributed by atoms with van der Waals surface area (Å²) in [6.07, 6.45) is 0.947. The van der Waals surface area contributed by atoms with E-state index in [1.54, 1.807) is 0 Å². The fraction of sp³-hybridized carbons (Fsp3) is 0.190. The average molecular weight is 316 g/mol. The molecule has 0 saturated heterocycles. The minimum absolute atomic E-state index is 0.0750. The topological polar surface area (TPSA) is 26.9 Å². The summed E-state index contributed by atoms with van der Waals surface area (Å²) in [5.41, 5.74) is 3.27. The summed E-state index contributed by atoms with van der Waals surface area (Å²) >= 11 is 0. The molecule has 0 bridgehead atoms. The van der Waals surface area contributed by atoms with Crippen molar-refractivity contribution in [2.75, 3.05) is 0 Å². The Morgan fingerprint density at radius 1 is 0.792 bits per heavy atom. The highest BCUT2D eigenvalue weighted by Gasteiger charge is 2.13. The molecule has 0 fully saturated rings. The molecule has 0 N–H and O–H groups in total. The van der Waals surface area contributed by atoms with Gasteiger partial charge in [-0.1, -0.05) is 61.5 Å². The van der Waals surface area contributed by atoms with Gasteiger partial charge in [-0.3, -0.25) is 9.13 Å². The molecular formula is C21H20N2O. The maximum Gasteiger partial charge on any atom is 0.329 e. The van der Waals surface area contributed by atoms with Gasteiger partial charge >= 0.3 is 5.69 Å². The lowest BCUT2D eigenvalue weighted by atomic mass is 10.0. The summed E-state index contributed by atoms with van der Waals surface area (Å²) in [5, 5.41) is 2.42. The molecule has 4 aromatic rings. The van der Waals surface area contributed by atoms with Crippen molar-refractivity contribution >= 4 is 21.8 Å². The molecule has 0 amide bonds. The van der Waals surface area contributed by atoms with Crippen molar-refractivity contribution in [3.8, 4) is 0 Å². The van der Waals surface area contributed by atoms with Crippen LogP contribution in [0.5, 0.6) is 0 Å². The lowest BCUT2D eigenvalue weighted by molar-refractivity contribution is 0.639. The van der Waals surface area contributed by atoms with Crippen LogP contribution in [0.4, 0.5) is 0 Å². The number of nitrogens with zero attached hydrogens (tertiary/aromatic N) is 2. The molecule has 3 nitrogen and oxygen atoms in total. The van der Waals surface area contributed by atoms with Gasteiger partial charge in [-0.2, -0.15) is 0 Å². The molecular weight excluding hydrogens is 296 g/mol. The van der Waals surface area contributed by atoms with E-state index < -0.39 is 0 Å². The zero-order valence-corrected chi connectivity index (χ0v) is 13.8. The van der Waals surface area contributed by atoms with Crippen molar-refractivity contribution in [3.05, 3.63) is 82.8 Å². The maximum atomic E-state index is 12.9. The molecule has 4 rings (SSSR count). The van der Waals surface area contributed by atoms with Crippen LogP contribution < -0.4 is 5.69 Å². The monoisotopic (exact) mass is 316 g/mol. The van der Waals surface area contributed by atoms with Gasteiger partial charge in [0.25, 0.3) is 0 Å². The first-order valence-electron chi connectivity index (χ1n) is 8.44. The Hall–Kier alpha value is -2.81. The average Bonchev–Trinajstić information content (AvgIpc) is 2.88. The Kier molecular flexibility index (Phi) is 3.69. The number of rotatable bonds is 4. The normalized spacial score (nSPS) is 11.4. The van der Waals surface area contributed by atoms with Crippen LogP contribution in [0.15, 0.2) is 71.5 Å². The van der Waals surface area contributed by atoms with Crippen LogP contribution in [0.25, 0.3) is 21.8 Å². The third-order valence-electron chi connectivity index (χ3n) is 4.58. The number of imidazole rings is 1. The van der Waals surface area contributed by atoms with E-state index in [9.17, 15) is 4.79 Å². The number of hydrogen-bond donors (Lipinski definition) is 0. The molecule has 24 heavy (non-hydrogen) atoms. The van der Waals surface area contributed by atoms with Gasteiger partial charge in [-0.05, 0) is 34.9 Å². The van der Waals surface area contributed by atoms with Crippen molar-refractivity contribution in [3.63, 3.8) is 0 Å². The molecule has 0 aliphatic carbocycles. The molecule has 0 atom stereocenters. The van der Waals surface area contributed by atoms with Crippen molar-refractivity contribution in [2.24, 2.45) is 0 Å². The number of hydrogen-bond acceptors (Lipinski definition) is 1. The van der Waals surface area contributed by atoms with Gasteiger partial charge in [0.2, 0.25) is 0 Å². The van der Waals surface area contributed by atoms with E-state index in [4.69, 9.17) is 0 Å². The summed E-state index contributed by atoms with van der Waals surface area (Å²) in [4.78, 5) is 12.9. The SMILES string of the molecule is CCCn1c(=O)n(Cc2cccc3ccccc23)c2ccccc21. The van der Waals surface area contributed by atoms with Gasteiger partial charge in [-0.25, -0.2) is 4.79 Å².